The number of carboxylic acid groups (broad SMARTS) is 1. The molecule has 0 amide bonds. The van der Waals surface area contributed by atoms with E-state index < -0.39 is 11.4 Å². The number of carboxylic acids is 1. The molecule has 0 aromatic rings. The molecule has 0 spiro atoms. The zero-order chi connectivity index (χ0) is 17.8. The Hall–Kier alpha value is 0.579. The Kier molecular flexibility index (Phi) is 25.3. The van der Waals surface area contributed by atoms with Gasteiger partial charge < -0.3 is 10.2 Å². The number of carbonyl (C=O) groups is 1. The first-order valence-corrected chi connectivity index (χ1v) is 14.4. The molecule has 1 atom stereocenters. The van der Waals surface area contributed by atoms with Crippen molar-refractivity contribution in [2.75, 3.05) is 5.75 Å². The third-order valence-electron chi connectivity index (χ3n) is 3.40. The van der Waals surface area contributed by atoms with Crippen LogP contribution in [0.4, 0.5) is 0 Å². The molecule has 0 saturated carbocycles. The number of aliphatic hydroxyl groups is 1. The quantitative estimate of drug-likeness (QED) is 0.192. The summed E-state index contributed by atoms with van der Waals surface area (Å²) in [5.74, 6) is -0.402. The Morgan fingerprint density at radius 1 is 0.870 bits per heavy atom. The van der Waals surface area contributed by atoms with E-state index in [0.29, 0.717) is 0 Å². The molecule has 0 bridgehead atoms. The summed E-state index contributed by atoms with van der Waals surface area (Å²) in [4.78, 5) is 10.2. The normalized spacial score (nSPS) is 11.7. The van der Waals surface area contributed by atoms with Gasteiger partial charge in [0.05, 0.1) is 0 Å². The second-order valence-corrected chi connectivity index (χ2v) is 11.3. The standard InChI is InChI=1S/C10H20O3S.2C4H9.Sn/c1-2-3-4-5-6-7-8-14-10(13)9(11)12;2*1-3-4-2;/h10,13H,2-8H2,1H3,(H,11,12);2*1,3-4H2,2H3;. The van der Waals surface area contributed by atoms with Gasteiger partial charge in [0.2, 0.25) is 0 Å². The molecular weight excluding hydrogens is 415 g/mol. The summed E-state index contributed by atoms with van der Waals surface area (Å²) in [6, 6.07) is 0. The SMILES string of the molecule is CCCCCCCCSC(O)C(=O)O.CCC[CH2][Sn][CH2]CCC. The number of thioether (sulfide) groups is 1. The molecule has 0 aromatic heterocycles. The van der Waals surface area contributed by atoms with Gasteiger partial charge in [-0.3, -0.25) is 0 Å². The summed E-state index contributed by atoms with van der Waals surface area (Å²) in [5.41, 5.74) is -1.24. The van der Waals surface area contributed by atoms with Gasteiger partial charge in [0.25, 0.3) is 0 Å². The van der Waals surface area contributed by atoms with Gasteiger partial charge in [-0.05, 0) is 12.2 Å². The molecular formula is C18H38O3SSn. The van der Waals surface area contributed by atoms with Crippen LogP contribution in [0.25, 0.3) is 0 Å². The maximum atomic E-state index is 10.2. The summed E-state index contributed by atoms with van der Waals surface area (Å²) in [6.07, 6.45) is 13.0. The van der Waals surface area contributed by atoms with Gasteiger partial charge in [-0.1, -0.05) is 39.0 Å². The van der Waals surface area contributed by atoms with Gasteiger partial charge in [0.15, 0.2) is 5.44 Å². The van der Waals surface area contributed by atoms with Crippen molar-refractivity contribution in [3.05, 3.63) is 0 Å². The van der Waals surface area contributed by atoms with Crippen molar-refractivity contribution in [2.45, 2.75) is 99.3 Å². The summed E-state index contributed by atoms with van der Waals surface area (Å²) in [7, 11) is 0. The van der Waals surface area contributed by atoms with Crippen LogP contribution in [0.1, 0.15) is 85.0 Å². The number of hydrogen-bond donors (Lipinski definition) is 2. The third kappa shape index (κ3) is 24.9. The molecule has 0 saturated heterocycles. The molecule has 2 radical (unpaired) electrons. The van der Waals surface area contributed by atoms with Crippen molar-refractivity contribution in [1.82, 2.24) is 0 Å². The van der Waals surface area contributed by atoms with Gasteiger partial charge >= 0.3 is 75.5 Å². The average molecular weight is 453 g/mol. The van der Waals surface area contributed by atoms with Crippen LogP contribution >= 0.6 is 11.8 Å². The molecule has 3 nitrogen and oxygen atoms in total. The Morgan fingerprint density at radius 2 is 1.35 bits per heavy atom. The van der Waals surface area contributed by atoms with E-state index in [1.165, 1.54) is 51.4 Å². The molecule has 0 aliphatic heterocycles. The fraction of sp³-hybridized carbons (Fsp3) is 0.944. The summed E-state index contributed by atoms with van der Waals surface area (Å²) < 4.78 is 3.25. The minimum absolute atomic E-state index is 0.149. The van der Waals surface area contributed by atoms with Gasteiger partial charge in [-0.2, -0.15) is 0 Å². The monoisotopic (exact) mass is 454 g/mol. The third-order valence-corrected chi connectivity index (χ3v) is 8.48. The molecule has 0 heterocycles. The van der Waals surface area contributed by atoms with Gasteiger partial charge in [-0.25, -0.2) is 4.79 Å². The van der Waals surface area contributed by atoms with E-state index in [4.69, 9.17) is 10.2 Å². The first-order chi connectivity index (χ1) is 11.1. The van der Waals surface area contributed by atoms with Crippen molar-refractivity contribution in [1.29, 1.82) is 0 Å². The number of aliphatic carboxylic acids is 1. The summed E-state index contributed by atoms with van der Waals surface area (Å²) >= 11 is 1.25. The van der Waals surface area contributed by atoms with E-state index in [-0.39, 0.29) is 21.1 Å². The molecule has 0 aromatic carbocycles. The van der Waals surface area contributed by atoms with Crippen molar-refractivity contribution in [2.24, 2.45) is 0 Å². The average Bonchev–Trinajstić information content (AvgIpc) is 2.54. The Labute approximate surface area is 158 Å². The molecule has 0 rings (SSSR count). The van der Waals surface area contributed by atoms with E-state index in [1.54, 1.807) is 8.87 Å². The molecule has 0 aliphatic rings. The maximum absolute atomic E-state index is 10.2. The minimum atomic E-state index is -1.24. The van der Waals surface area contributed by atoms with Crippen LogP contribution in [0.5, 0.6) is 0 Å². The molecule has 0 fully saturated rings. The van der Waals surface area contributed by atoms with Gasteiger partial charge in [-0.15, -0.1) is 11.8 Å². The topological polar surface area (TPSA) is 57.5 Å². The van der Waals surface area contributed by atoms with Crippen molar-refractivity contribution in [3.8, 4) is 0 Å². The van der Waals surface area contributed by atoms with E-state index in [2.05, 4.69) is 20.8 Å². The number of hydrogen-bond acceptors (Lipinski definition) is 3. The van der Waals surface area contributed by atoms with Crippen LogP contribution in [-0.2, 0) is 4.79 Å². The molecule has 0 aliphatic carbocycles. The zero-order valence-corrected chi connectivity index (χ0v) is 19.2. The first-order valence-electron chi connectivity index (χ1n) is 9.33. The fourth-order valence-corrected chi connectivity index (χ4v) is 6.77. The van der Waals surface area contributed by atoms with Crippen LogP contribution < -0.4 is 0 Å². The molecule has 5 heteroatoms. The predicted octanol–water partition coefficient (Wildman–Crippen LogP) is 5.61. The number of aliphatic hydroxyl groups excluding tert-OH is 1. The molecule has 1 unspecified atom stereocenters. The van der Waals surface area contributed by atoms with Crippen molar-refractivity contribution < 1.29 is 15.0 Å². The molecule has 23 heavy (non-hydrogen) atoms. The van der Waals surface area contributed by atoms with E-state index in [9.17, 15) is 4.79 Å². The van der Waals surface area contributed by atoms with Crippen LogP contribution in [0.3, 0.4) is 0 Å². The summed E-state index contributed by atoms with van der Waals surface area (Å²) in [5, 5.41) is 17.3. The van der Waals surface area contributed by atoms with Crippen LogP contribution in [0.15, 0.2) is 0 Å². The second-order valence-electron chi connectivity index (χ2n) is 5.79. The number of rotatable bonds is 15. The van der Waals surface area contributed by atoms with Crippen molar-refractivity contribution >= 4 is 38.9 Å². The van der Waals surface area contributed by atoms with Crippen LogP contribution in [0, 0.1) is 0 Å². The number of unbranched alkanes of at least 4 members (excludes halogenated alkanes) is 7. The molecule has 138 valence electrons. The predicted molar refractivity (Wildman–Crippen MR) is 105 cm³/mol. The zero-order valence-electron chi connectivity index (χ0n) is 15.5. The van der Waals surface area contributed by atoms with Crippen molar-refractivity contribution in [3.63, 3.8) is 0 Å². The van der Waals surface area contributed by atoms with E-state index >= 15 is 0 Å². The second kappa shape index (κ2) is 22.6. The van der Waals surface area contributed by atoms with Crippen LogP contribution in [-0.4, -0.2) is 48.5 Å². The Morgan fingerprint density at radius 3 is 1.83 bits per heavy atom. The van der Waals surface area contributed by atoms with E-state index in [0.717, 1.165) is 30.4 Å². The fourth-order valence-electron chi connectivity index (χ4n) is 1.88. The Bertz CT molecular complexity index is 234. The molecule has 2 N–H and O–H groups in total. The Balaban J connectivity index is 0. The van der Waals surface area contributed by atoms with Gasteiger partial charge in [0, 0.05) is 0 Å². The van der Waals surface area contributed by atoms with Gasteiger partial charge in [0.1, 0.15) is 0 Å². The van der Waals surface area contributed by atoms with E-state index in [1.807, 2.05) is 0 Å². The summed E-state index contributed by atoms with van der Waals surface area (Å²) in [6.45, 7) is 6.76. The van der Waals surface area contributed by atoms with Crippen LogP contribution in [0.2, 0.25) is 8.87 Å². The first kappa shape index (κ1) is 25.8.